The number of carbonyl (C=O) groups excluding carboxylic acids is 2. The minimum Gasteiger partial charge on any atom is -0.430 e. The van der Waals surface area contributed by atoms with Gasteiger partial charge in [-0.15, -0.1) is 0 Å². The standard InChI is InChI=1S/C24H41N3O5S/c1-16-15-26(24(29)32-23-6-4-5-13-25-23)22-14-19(9-12-21(22)27(16)17(2)28)18-7-10-20(11-8-18)33(3,30)31/h16,18-23,25H,4-15H2,1-3H3. The normalized spacial score (nSPS) is 37.8. The molecule has 5 atom stereocenters. The fourth-order valence-electron chi connectivity index (χ4n) is 6.94. The van der Waals surface area contributed by atoms with Gasteiger partial charge in [0, 0.05) is 25.8 Å². The summed E-state index contributed by atoms with van der Waals surface area (Å²) in [5.41, 5.74) is 0. The second kappa shape index (κ2) is 10.1. The van der Waals surface area contributed by atoms with E-state index < -0.39 is 9.84 Å². The Kier molecular flexibility index (Phi) is 7.58. The van der Waals surface area contributed by atoms with Crippen LogP contribution < -0.4 is 5.32 Å². The van der Waals surface area contributed by atoms with Crippen LogP contribution in [0.25, 0.3) is 0 Å². The molecule has 0 spiro atoms. The van der Waals surface area contributed by atoms with Crippen molar-refractivity contribution in [3.63, 3.8) is 0 Å². The number of amides is 2. The van der Waals surface area contributed by atoms with Crippen LogP contribution in [0.15, 0.2) is 0 Å². The number of nitrogens with one attached hydrogen (secondary N) is 1. The van der Waals surface area contributed by atoms with Crippen molar-refractivity contribution in [1.29, 1.82) is 0 Å². The van der Waals surface area contributed by atoms with Gasteiger partial charge in [-0.25, -0.2) is 13.2 Å². The Morgan fingerprint density at radius 3 is 2.24 bits per heavy atom. The van der Waals surface area contributed by atoms with Gasteiger partial charge < -0.3 is 14.5 Å². The van der Waals surface area contributed by atoms with Crippen LogP contribution in [0.1, 0.15) is 78.1 Å². The maximum Gasteiger partial charge on any atom is 0.411 e. The van der Waals surface area contributed by atoms with Crippen LogP contribution in [0.3, 0.4) is 0 Å². The molecule has 2 heterocycles. The predicted molar refractivity (Wildman–Crippen MR) is 126 cm³/mol. The van der Waals surface area contributed by atoms with Gasteiger partial charge in [-0.1, -0.05) is 0 Å². The Bertz CT molecular complexity index is 820. The molecule has 4 aliphatic rings. The van der Waals surface area contributed by atoms with Crippen LogP contribution >= 0.6 is 0 Å². The third-order valence-corrected chi connectivity index (χ3v) is 10.3. The highest BCUT2D eigenvalue weighted by atomic mass is 32.2. The summed E-state index contributed by atoms with van der Waals surface area (Å²) in [6.07, 6.45) is 10.00. The lowest BCUT2D eigenvalue weighted by atomic mass is 9.69. The first-order valence-corrected chi connectivity index (χ1v) is 14.8. The van der Waals surface area contributed by atoms with Crippen molar-refractivity contribution in [2.75, 3.05) is 19.3 Å². The van der Waals surface area contributed by atoms with Crippen molar-refractivity contribution < 1.29 is 22.7 Å². The van der Waals surface area contributed by atoms with E-state index in [4.69, 9.17) is 4.74 Å². The summed E-state index contributed by atoms with van der Waals surface area (Å²) in [6, 6.07) is -0.0355. The summed E-state index contributed by atoms with van der Waals surface area (Å²) in [7, 11) is -2.98. The van der Waals surface area contributed by atoms with Gasteiger partial charge in [-0.05, 0) is 89.5 Å². The SMILES string of the molecule is CC(=O)N1C(C)CN(C(=O)OC2CCCCN2)C2CC(C3CCC(S(C)(=O)=O)CC3)CCC21. The van der Waals surface area contributed by atoms with E-state index in [1.54, 1.807) is 6.92 Å². The molecule has 5 unspecified atom stereocenters. The number of nitrogens with zero attached hydrogens (tertiary/aromatic N) is 2. The van der Waals surface area contributed by atoms with E-state index in [9.17, 15) is 18.0 Å². The number of hydrogen-bond acceptors (Lipinski definition) is 6. The minimum absolute atomic E-state index is 0.0294. The molecule has 0 aromatic rings. The summed E-state index contributed by atoms with van der Waals surface area (Å²) < 4.78 is 29.8. The lowest BCUT2D eigenvalue weighted by Gasteiger charge is -2.54. The number of rotatable bonds is 3. The maximum atomic E-state index is 13.3. The van der Waals surface area contributed by atoms with Crippen LogP contribution in [0.2, 0.25) is 0 Å². The molecule has 188 valence electrons. The third kappa shape index (κ3) is 5.50. The molecule has 0 bridgehead atoms. The van der Waals surface area contributed by atoms with E-state index in [0.29, 0.717) is 18.4 Å². The summed E-state index contributed by atoms with van der Waals surface area (Å²) in [6.45, 7) is 5.03. The molecule has 2 amide bonds. The highest BCUT2D eigenvalue weighted by molar-refractivity contribution is 7.91. The minimum atomic E-state index is -2.98. The quantitative estimate of drug-likeness (QED) is 0.663. The first-order chi connectivity index (χ1) is 15.6. The van der Waals surface area contributed by atoms with Crippen molar-refractivity contribution >= 4 is 21.8 Å². The predicted octanol–water partition coefficient (Wildman–Crippen LogP) is 2.92. The van der Waals surface area contributed by atoms with Crippen molar-refractivity contribution in [3.8, 4) is 0 Å². The lowest BCUT2D eigenvalue weighted by molar-refractivity contribution is -0.143. The first-order valence-electron chi connectivity index (χ1n) is 12.8. The highest BCUT2D eigenvalue weighted by Gasteiger charge is 2.48. The van der Waals surface area contributed by atoms with Crippen LogP contribution in [-0.4, -0.2) is 79.2 Å². The molecule has 4 fully saturated rings. The van der Waals surface area contributed by atoms with Crippen molar-refractivity contribution in [1.82, 2.24) is 15.1 Å². The van der Waals surface area contributed by atoms with Crippen molar-refractivity contribution in [2.24, 2.45) is 11.8 Å². The Hall–Kier alpha value is -1.35. The van der Waals surface area contributed by atoms with Gasteiger partial charge >= 0.3 is 6.09 Å². The van der Waals surface area contributed by atoms with Gasteiger partial charge in [0.1, 0.15) is 9.84 Å². The molecule has 33 heavy (non-hydrogen) atoms. The van der Waals surface area contributed by atoms with Gasteiger partial charge in [0.05, 0.1) is 17.3 Å². The van der Waals surface area contributed by atoms with Gasteiger partial charge in [0.25, 0.3) is 0 Å². The summed E-state index contributed by atoms with van der Waals surface area (Å²) in [5.74, 6) is 1.02. The Labute approximate surface area is 198 Å². The number of piperidine rings is 1. The molecular formula is C24H41N3O5S. The number of fused-ring (bicyclic) bond motifs is 1. The van der Waals surface area contributed by atoms with Gasteiger partial charge in [0.15, 0.2) is 6.23 Å². The molecular weight excluding hydrogens is 442 g/mol. The van der Waals surface area contributed by atoms with E-state index >= 15 is 0 Å². The molecule has 0 radical (unpaired) electrons. The molecule has 2 saturated carbocycles. The molecule has 2 aliphatic carbocycles. The van der Waals surface area contributed by atoms with E-state index in [-0.39, 0.29) is 41.6 Å². The fraction of sp³-hybridized carbons (Fsp3) is 0.917. The maximum absolute atomic E-state index is 13.3. The van der Waals surface area contributed by atoms with Crippen LogP contribution in [0, 0.1) is 11.8 Å². The smallest absolute Gasteiger partial charge is 0.411 e. The Morgan fingerprint density at radius 2 is 1.64 bits per heavy atom. The summed E-state index contributed by atoms with van der Waals surface area (Å²) >= 11 is 0. The molecule has 8 nitrogen and oxygen atoms in total. The Morgan fingerprint density at radius 1 is 0.939 bits per heavy atom. The molecule has 1 N–H and O–H groups in total. The zero-order valence-electron chi connectivity index (χ0n) is 20.4. The molecule has 0 aromatic carbocycles. The third-order valence-electron chi connectivity index (χ3n) is 8.61. The number of piperazine rings is 1. The van der Waals surface area contributed by atoms with Crippen molar-refractivity contribution in [3.05, 3.63) is 0 Å². The molecule has 9 heteroatoms. The lowest BCUT2D eigenvalue weighted by Crippen LogP contribution is -2.67. The molecule has 4 rings (SSSR count). The number of carbonyl (C=O) groups is 2. The van der Waals surface area contributed by atoms with E-state index in [1.165, 1.54) is 6.26 Å². The first kappa shape index (κ1) is 24.8. The monoisotopic (exact) mass is 483 g/mol. The van der Waals surface area contributed by atoms with E-state index in [0.717, 1.165) is 70.8 Å². The van der Waals surface area contributed by atoms with Crippen molar-refractivity contribution in [2.45, 2.75) is 108 Å². The highest BCUT2D eigenvalue weighted by Crippen LogP contribution is 2.43. The number of hydrogen-bond donors (Lipinski definition) is 1. The zero-order valence-corrected chi connectivity index (χ0v) is 21.2. The van der Waals surface area contributed by atoms with Crippen LogP contribution in [0.5, 0.6) is 0 Å². The van der Waals surface area contributed by atoms with Crippen LogP contribution in [-0.2, 0) is 19.4 Å². The second-order valence-corrected chi connectivity index (χ2v) is 13.1. The van der Waals surface area contributed by atoms with Gasteiger partial charge in [0.2, 0.25) is 5.91 Å². The summed E-state index contributed by atoms with van der Waals surface area (Å²) in [4.78, 5) is 29.7. The Balaban J connectivity index is 1.46. The topological polar surface area (TPSA) is 96.0 Å². The van der Waals surface area contributed by atoms with Gasteiger partial charge in [-0.2, -0.15) is 0 Å². The van der Waals surface area contributed by atoms with Gasteiger partial charge in [-0.3, -0.25) is 10.1 Å². The average Bonchev–Trinajstić information content (AvgIpc) is 2.78. The van der Waals surface area contributed by atoms with E-state index in [2.05, 4.69) is 5.32 Å². The zero-order chi connectivity index (χ0) is 23.8. The number of ether oxygens (including phenoxy) is 1. The van der Waals surface area contributed by atoms with Crippen LogP contribution in [0.4, 0.5) is 4.79 Å². The largest absolute Gasteiger partial charge is 0.430 e. The molecule has 0 aromatic heterocycles. The summed E-state index contributed by atoms with van der Waals surface area (Å²) in [5, 5.41) is 3.09. The molecule has 2 saturated heterocycles. The molecule has 2 aliphatic heterocycles. The second-order valence-electron chi connectivity index (χ2n) is 10.8. The van der Waals surface area contributed by atoms with E-state index in [1.807, 2.05) is 16.7 Å². The fourth-order valence-corrected chi connectivity index (χ4v) is 8.07. The number of sulfone groups is 1. The average molecular weight is 484 g/mol.